The van der Waals surface area contributed by atoms with Crippen molar-refractivity contribution in [2.24, 2.45) is 0 Å². The van der Waals surface area contributed by atoms with E-state index >= 15 is 0 Å². The molecular weight excluding hydrogens is 216 g/mol. The van der Waals surface area contributed by atoms with Gasteiger partial charge in [0.2, 0.25) is 0 Å². The number of rotatable bonds is 5. The Bertz CT molecular complexity index is 535. The Kier molecular flexibility index (Phi) is 3.46. The van der Waals surface area contributed by atoms with Crippen LogP contribution in [0.1, 0.15) is 26.0 Å². The van der Waals surface area contributed by atoms with Gasteiger partial charge in [0.05, 0.1) is 18.6 Å². The average Bonchev–Trinajstić information content (AvgIpc) is 2.89. The Labute approximate surface area is 100 Å². The van der Waals surface area contributed by atoms with Crippen molar-refractivity contribution in [3.8, 4) is 0 Å². The first kappa shape index (κ1) is 11.7. The zero-order valence-corrected chi connectivity index (χ0v) is 10.3. The van der Waals surface area contributed by atoms with Crippen LogP contribution in [-0.2, 0) is 19.6 Å². The quantitative estimate of drug-likeness (QED) is 0.783. The molecule has 0 radical (unpaired) electrons. The molecule has 0 bridgehead atoms. The molecule has 0 fully saturated rings. The SMILES string of the molecule is CCCn1cncc1Cn1ccn(CC)c1=O. The maximum absolute atomic E-state index is 11.9. The second-order valence-electron chi connectivity index (χ2n) is 4.07. The van der Waals surface area contributed by atoms with Crippen molar-refractivity contribution in [1.29, 1.82) is 0 Å². The summed E-state index contributed by atoms with van der Waals surface area (Å²) >= 11 is 0. The fourth-order valence-corrected chi connectivity index (χ4v) is 1.91. The average molecular weight is 234 g/mol. The van der Waals surface area contributed by atoms with Crippen LogP contribution in [0.25, 0.3) is 0 Å². The Morgan fingerprint density at radius 2 is 1.94 bits per heavy atom. The minimum absolute atomic E-state index is 0.0387. The topological polar surface area (TPSA) is 44.8 Å². The predicted octanol–water partition coefficient (Wildman–Crippen LogP) is 1.32. The first-order valence-corrected chi connectivity index (χ1v) is 6.00. The van der Waals surface area contributed by atoms with Gasteiger partial charge in [-0.3, -0.25) is 9.13 Å². The lowest BCUT2D eigenvalue weighted by molar-refractivity contribution is 0.605. The summed E-state index contributed by atoms with van der Waals surface area (Å²) in [6.07, 6.45) is 8.36. The molecule has 0 aliphatic rings. The molecule has 0 saturated heterocycles. The predicted molar refractivity (Wildman–Crippen MR) is 66.0 cm³/mol. The zero-order chi connectivity index (χ0) is 12.3. The van der Waals surface area contributed by atoms with Crippen LogP contribution in [-0.4, -0.2) is 18.7 Å². The molecule has 0 N–H and O–H groups in total. The van der Waals surface area contributed by atoms with Gasteiger partial charge in [-0.05, 0) is 13.3 Å². The molecular formula is C12H18N4O. The van der Waals surface area contributed by atoms with Crippen molar-refractivity contribution in [1.82, 2.24) is 18.7 Å². The van der Waals surface area contributed by atoms with Gasteiger partial charge in [0.1, 0.15) is 0 Å². The second kappa shape index (κ2) is 5.03. The normalized spacial score (nSPS) is 10.9. The number of aromatic nitrogens is 4. The number of nitrogens with zero attached hydrogens (tertiary/aromatic N) is 4. The Morgan fingerprint density at radius 1 is 1.18 bits per heavy atom. The van der Waals surface area contributed by atoms with E-state index in [1.165, 1.54) is 0 Å². The first-order chi connectivity index (χ1) is 8.26. The summed E-state index contributed by atoms with van der Waals surface area (Å²) in [5, 5.41) is 0. The van der Waals surface area contributed by atoms with Gasteiger partial charge in [-0.2, -0.15) is 0 Å². The lowest BCUT2D eigenvalue weighted by Crippen LogP contribution is -2.24. The van der Waals surface area contributed by atoms with Crippen LogP contribution in [0, 0.1) is 0 Å². The molecule has 2 rings (SSSR count). The van der Waals surface area contributed by atoms with Gasteiger partial charge in [-0.15, -0.1) is 0 Å². The number of hydrogen-bond donors (Lipinski definition) is 0. The molecule has 5 nitrogen and oxygen atoms in total. The van der Waals surface area contributed by atoms with Crippen molar-refractivity contribution in [3.63, 3.8) is 0 Å². The summed E-state index contributed by atoms with van der Waals surface area (Å²) in [5.74, 6) is 0. The van der Waals surface area contributed by atoms with Crippen molar-refractivity contribution in [2.45, 2.75) is 39.9 Å². The maximum Gasteiger partial charge on any atom is 0.328 e. The summed E-state index contributed by atoms with van der Waals surface area (Å²) in [4.78, 5) is 16.0. The molecule has 2 aromatic heterocycles. The van der Waals surface area contributed by atoms with Gasteiger partial charge in [0, 0.05) is 31.7 Å². The highest BCUT2D eigenvalue weighted by Crippen LogP contribution is 2.02. The third-order valence-electron chi connectivity index (χ3n) is 2.85. The Morgan fingerprint density at radius 3 is 2.59 bits per heavy atom. The molecule has 5 heteroatoms. The van der Waals surface area contributed by atoms with Crippen LogP contribution in [0.4, 0.5) is 0 Å². The van der Waals surface area contributed by atoms with Crippen LogP contribution in [0.2, 0.25) is 0 Å². The summed E-state index contributed by atoms with van der Waals surface area (Å²) in [7, 11) is 0. The van der Waals surface area contributed by atoms with E-state index in [9.17, 15) is 4.79 Å². The summed E-state index contributed by atoms with van der Waals surface area (Å²) in [6.45, 7) is 6.33. The third-order valence-corrected chi connectivity index (χ3v) is 2.85. The van der Waals surface area contributed by atoms with Gasteiger partial charge >= 0.3 is 5.69 Å². The van der Waals surface area contributed by atoms with Crippen LogP contribution < -0.4 is 5.69 Å². The Hall–Kier alpha value is -1.78. The number of hydrogen-bond acceptors (Lipinski definition) is 2. The highest BCUT2D eigenvalue weighted by molar-refractivity contribution is 5.00. The van der Waals surface area contributed by atoms with Crippen molar-refractivity contribution in [3.05, 3.63) is 41.1 Å². The zero-order valence-electron chi connectivity index (χ0n) is 10.3. The largest absolute Gasteiger partial charge is 0.333 e. The number of aryl methyl sites for hydroxylation is 2. The molecule has 0 atom stereocenters. The molecule has 0 spiro atoms. The van der Waals surface area contributed by atoms with Crippen molar-refractivity contribution >= 4 is 0 Å². The molecule has 2 heterocycles. The maximum atomic E-state index is 11.9. The van der Waals surface area contributed by atoms with E-state index in [0.717, 1.165) is 18.7 Å². The molecule has 17 heavy (non-hydrogen) atoms. The van der Waals surface area contributed by atoms with Gasteiger partial charge in [-0.25, -0.2) is 9.78 Å². The van der Waals surface area contributed by atoms with E-state index in [2.05, 4.69) is 16.5 Å². The first-order valence-electron chi connectivity index (χ1n) is 6.00. The fraction of sp³-hybridized carbons (Fsp3) is 0.500. The van der Waals surface area contributed by atoms with Crippen molar-refractivity contribution < 1.29 is 0 Å². The molecule has 0 amide bonds. The van der Waals surface area contributed by atoms with E-state index in [1.54, 1.807) is 9.13 Å². The lowest BCUT2D eigenvalue weighted by Gasteiger charge is -2.06. The monoisotopic (exact) mass is 234 g/mol. The van der Waals surface area contributed by atoms with E-state index in [1.807, 2.05) is 31.8 Å². The molecule has 92 valence electrons. The molecule has 0 aromatic carbocycles. The molecule has 0 aliphatic carbocycles. The third kappa shape index (κ3) is 2.33. The molecule has 2 aromatic rings. The summed E-state index contributed by atoms with van der Waals surface area (Å²) in [5.41, 5.74) is 1.11. The van der Waals surface area contributed by atoms with Gasteiger partial charge in [0.15, 0.2) is 0 Å². The smallest absolute Gasteiger partial charge is 0.328 e. The van der Waals surface area contributed by atoms with Crippen LogP contribution in [0.15, 0.2) is 29.7 Å². The molecule has 0 saturated carbocycles. The molecule has 0 unspecified atom stereocenters. The summed E-state index contributed by atoms with van der Waals surface area (Å²) in [6, 6.07) is 0. The van der Waals surface area contributed by atoms with E-state index in [4.69, 9.17) is 0 Å². The highest BCUT2D eigenvalue weighted by atomic mass is 16.1. The van der Waals surface area contributed by atoms with E-state index < -0.39 is 0 Å². The van der Waals surface area contributed by atoms with Crippen molar-refractivity contribution in [2.75, 3.05) is 0 Å². The van der Waals surface area contributed by atoms with E-state index in [-0.39, 0.29) is 5.69 Å². The highest BCUT2D eigenvalue weighted by Gasteiger charge is 2.06. The molecule has 0 aliphatic heterocycles. The second-order valence-corrected chi connectivity index (χ2v) is 4.07. The minimum Gasteiger partial charge on any atom is -0.333 e. The van der Waals surface area contributed by atoms with Gasteiger partial charge in [-0.1, -0.05) is 6.92 Å². The Balaban J connectivity index is 2.22. The van der Waals surface area contributed by atoms with E-state index in [0.29, 0.717) is 13.1 Å². The number of imidazole rings is 2. The van der Waals surface area contributed by atoms with Gasteiger partial charge < -0.3 is 4.57 Å². The fourth-order valence-electron chi connectivity index (χ4n) is 1.91. The minimum atomic E-state index is 0.0387. The lowest BCUT2D eigenvalue weighted by atomic mass is 10.4. The van der Waals surface area contributed by atoms with Gasteiger partial charge in [0.25, 0.3) is 0 Å². The van der Waals surface area contributed by atoms with Crippen LogP contribution >= 0.6 is 0 Å². The van der Waals surface area contributed by atoms with Crippen LogP contribution in [0.5, 0.6) is 0 Å². The standard InChI is InChI=1S/C12H18N4O/c1-3-5-16-10-13-8-11(16)9-15-7-6-14(4-2)12(15)17/h6-8,10H,3-5,9H2,1-2H3. The van der Waals surface area contributed by atoms with Crippen LogP contribution in [0.3, 0.4) is 0 Å². The summed E-state index contributed by atoms with van der Waals surface area (Å²) < 4.78 is 5.50.